The Morgan fingerprint density at radius 3 is 2.86 bits per heavy atom. The molecule has 0 saturated heterocycles. The third-order valence-electron chi connectivity index (χ3n) is 4.49. The maximum Gasteiger partial charge on any atom is 0.201 e. The van der Waals surface area contributed by atoms with E-state index in [0.717, 1.165) is 35.9 Å². The number of rotatable bonds is 3. The molecule has 4 heteroatoms. The summed E-state index contributed by atoms with van der Waals surface area (Å²) in [5, 5.41) is 14.3. The number of imidazole rings is 1. The summed E-state index contributed by atoms with van der Waals surface area (Å²) in [6.45, 7) is 0.462. The lowest BCUT2D eigenvalue weighted by Gasteiger charge is -2.34. The maximum absolute atomic E-state index is 11.1. The van der Waals surface area contributed by atoms with Gasteiger partial charge in [0, 0.05) is 0 Å². The van der Waals surface area contributed by atoms with Gasteiger partial charge in [-0.1, -0.05) is 36.4 Å². The van der Waals surface area contributed by atoms with Crippen LogP contribution in [0.25, 0.3) is 11.0 Å². The molecule has 1 unspecified atom stereocenters. The first-order valence-corrected chi connectivity index (χ1v) is 7.74. The zero-order valence-electron chi connectivity index (χ0n) is 12.3. The zero-order valence-corrected chi connectivity index (χ0v) is 12.3. The number of H-pyrrole nitrogens is 1. The maximum atomic E-state index is 11.1. The first kappa shape index (κ1) is 13.3. The molecule has 0 spiro atoms. The summed E-state index contributed by atoms with van der Waals surface area (Å²) in [6, 6.07) is 16.1. The third kappa shape index (κ3) is 2.25. The molecule has 3 aromatic rings. The lowest BCUT2D eigenvalue weighted by atomic mass is 9.79. The van der Waals surface area contributed by atoms with Crippen LogP contribution in [0.15, 0.2) is 48.5 Å². The van der Waals surface area contributed by atoms with Gasteiger partial charge in [0.1, 0.15) is 5.60 Å². The van der Waals surface area contributed by atoms with Gasteiger partial charge in [0.25, 0.3) is 0 Å². The molecule has 0 saturated carbocycles. The summed E-state index contributed by atoms with van der Waals surface area (Å²) in [6.07, 6.45) is 2.83. The molecule has 1 aliphatic rings. The lowest BCUT2D eigenvalue weighted by molar-refractivity contribution is 0.0321. The molecule has 0 amide bonds. The highest BCUT2D eigenvalue weighted by Crippen LogP contribution is 2.35. The Bertz CT molecular complexity index is 778. The van der Waals surface area contributed by atoms with Crippen LogP contribution in [0, 0.1) is 0 Å². The van der Waals surface area contributed by atoms with E-state index in [4.69, 9.17) is 0 Å². The number of aliphatic hydroxyl groups is 1. The van der Waals surface area contributed by atoms with Crippen molar-refractivity contribution in [1.29, 1.82) is 0 Å². The van der Waals surface area contributed by atoms with Crippen molar-refractivity contribution in [1.82, 2.24) is 9.97 Å². The summed E-state index contributed by atoms with van der Waals surface area (Å²) < 4.78 is 0. The number of benzene rings is 2. The summed E-state index contributed by atoms with van der Waals surface area (Å²) in [5.41, 5.74) is 3.41. The van der Waals surface area contributed by atoms with Gasteiger partial charge in [0.15, 0.2) is 0 Å². The van der Waals surface area contributed by atoms with E-state index in [1.165, 1.54) is 5.56 Å². The largest absolute Gasteiger partial charge is 0.383 e. The van der Waals surface area contributed by atoms with Crippen molar-refractivity contribution in [2.45, 2.75) is 24.9 Å². The van der Waals surface area contributed by atoms with Gasteiger partial charge in [-0.15, -0.1) is 0 Å². The van der Waals surface area contributed by atoms with Gasteiger partial charge in [-0.25, -0.2) is 4.98 Å². The Hall–Kier alpha value is -2.33. The second kappa shape index (κ2) is 5.14. The molecule has 1 heterocycles. The molecular weight excluding hydrogens is 274 g/mol. The molecule has 1 aromatic heterocycles. The first-order valence-electron chi connectivity index (χ1n) is 7.74. The minimum Gasteiger partial charge on any atom is -0.383 e. The van der Waals surface area contributed by atoms with E-state index < -0.39 is 5.60 Å². The van der Waals surface area contributed by atoms with Crippen LogP contribution in [-0.4, -0.2) is 21.6 Å². The standard InChI is InChI=1S/C18H19N3O/c22-18(11-5-7-13-6-1-2-8-14(13)18)12-19-17-20-15-9-3-4-10-16(15)21-17/h1-4,6,8-10,22H,5,7,11-12H2,(H2,19,20,21). The Morgan fingerprint density at radius 2 is 1.95 bits per heavy atom. The number of hydrogen-bond donors (Lipinski definition) is 3. The number of para-hydroxylation sites is 2. The van der Waals surface area contributed by atoms with Crippen LogP contribution < -0.4 is 5.32 Å². The molecule has 2 aromatic carbocycles. The Kier molecular flexibility index (Phi) is 3.12. The fraction of sp³-hybridized carbons (Fsp3) is 0.278. The highest BCUT2D eigenvalue weighted by Gasteiger charge is 2.34. The zero-order chi connectivity index (χ0) is 15.0. The molecule has 4 nitrogen and oxygen atoms in total. The summed E-state index contributed by atoms with van der Waals surface area (Å²) >= 11 is 0. The fourth-order valence-corrected chi connectivity index (χ4v) is 3.35. The number of nitrogens with zero attached hydrogens (tertiary/aromatic N) is 1. The van der Waals surface area contributed by atoms with Crippen molar-refractivity contribution in [2.24, 2.45) is 0 Å². The molecule has 0 fully saturated rings. The van der Waals surface area contributed by atoms with Gasteiger partial charge in [-0.3, -0.25) is 0 Å². The molecular formula is C18H19N3O. The molecule has 0 radical (unpaired) electrons. The summed E-state index contributed by atoms with van der Waals surface area (Å²) in [4.78, 5) is 7.75. The van der Waals surface area contributed by atoms with Gasteiger partial charge >= 0.3 is 0 Å². The number of nitrogens with one attached hydrogen (secondary N) is 2. The number of aryl methyl sites for hydroxylation is 1. The van der Waals surface area contributed by atoms with Crippen molar-refractivity contribution >= 4 is 17.0 Å². The van der Waals surface area contributed by atoms with E-state index in [1.54, 1.807) is 0 Å². The molecule has 112 valence electrons. The molecule has 1 aliphatic carbocycles. The minimum absolute atomic E-state index is 0.462. The van der Waals surface area contributed by atoms with Crippen LogP contribution in [0.5, 0.6) is 0 Å². The Balaban J connectivity index is 1.58. The lowest BCUT2D eigenvalue weighted by Crippen LogP contribution is -2.37. The second-order valence-corrected chi connectivity index (χ2v) is 6.00. The second-order valence-electron chi connectivity index (χ2n) is 6.00. The van der Waals surface area contributed by atoms with Crippen molar-refractivity contribution in [3.8, 4) is 0 Å². The van der Waals surface area contributed by atoms with E-state index in [0.29, 0.717) is 12.5 Å². The van der Waals surface area contributed by atoms with E-state index >= 15 is 0 Å². The minimum atomic E-state index is -0.826. The average Bonchev–Trinajstić information content (AvgIpc) is 2.97. The van der Waals surface area contributed by atoms with Gasteiger partial charge in [0.2, 0.25) is 5.95 Å². The van der Waals surface area contributed by atoms with Crippen molar-refractivity contribution in [3.05, 3.63) is 59.7 Å². The topological polar surface area (TPSA) is 60.9 Å². The van der Waals surface area contributed by atoms with Crippen LogP contribution >= 0.6 is 0 Å². The summed E-state index contributed by atoms with van der Waals surface area (Å²) in [7, 11) is 0. The number of anilines is 1. The quantitative estimate of drug-likeness (QED) is 0.695. The van der Waals surface area contributed by atoms with Gasteiger partial charge < -0.3 is 15.4 Å². The molecule has 0 aliphatic heterocycles. The Morgan fingerprint density at radius 1 is 1.14 bits per heavy atom. The van der Waals surface area contributed by atoms with E-state index in [-0.39, 0.29) is 0 Å². The van der Waals surface area contributed by atoms with E-state index in [2.05, 4.69) is 21.4 Å². The fourth-order valence-electron chi connectivity index (χ4n) is 3.35. The van der Waals surface area contributed by atoms with Gasteiger partial charge in [-0.05, 0) is 42.5 Å². The number of aromatic amines is 1. The van der Waals surface area contributed by atoms with Crippen molar-refractivity contribution in [3.63, 3.8) is 0 Å². The van der Waals surface area contributed by atoms with Crippen molar-refractivity contribution < 1.29 is 5.11 Å². The van der Waals surface area contributed by atoms with E-state index in [1.807, 2.05) is 42.5 Å². The van der Waals surface area contributed by atoms with Crippen LogP contribution in [-0.2, 0) is 12.0 Å². The highest BCUT2D eigenvalue weighted by molar-refractivity contribution is 5.77. The molecule has 3 N–H and O–H groups in total. The van der Waals surface area contributed by atoms with Crippen LogP contribution in [0.2, 0.25) is 0 Å². The molecule has 4 rings (SSSR count). The molecule has 0 bridgehead atoms. The summed E-state index contributed by atoms with van der Waals surface area (Å²) in [5.74, 6) is 0.706. The number of aromatic nitrogens is 2. The average molecular weight is 293 g/mol. The highest BCUT2D eigenvalue weighted by atomic mass is 16.3. The third-order valence-corrected chi connectivity index (χ3v) is 4.49. The van der Waals surface area contributed by atoms with Crippen molar-refractivity contribution in [2.75, 3.05) is 11.9 Å². The normalized spacial score (nSPS) is 20.8. The first-order chi connectivity index (χ1) is 10.7. The van der Waals surface area contributed by atoms with Crippen LogP contribution in [0.1, 0.15) is 24.0 Å². The predicted octanol–water partition coefficient (Wildman–Crippen LogP) is 3.20. The smallest absolute Gasteiger partial charge is 0.201 e. The van der Waals surface area contributed by atoms with Gasteiger partial charge in [-0.2, -0.15) is 0 Å². The number of fused-ring (bicyclic) bond motifs is 2. The number of hydrogen-bond acceptors (Lipinski definition) is 3. The predicted molar refractivity (Wildman–Crippen MR) is 87.9 cm³/mol. The monoisotopic (exact) mass is 293 g/mol. The molecule has 1 atom stereocenters. The van der Waals surface area contributed by atoms with Gasteiger partial charge in [0.05, 0.1) is 17.6 Å². The Labute approximate surface area is 129 Å². The van der Waals surface area contributed by atoms with Crippen LogP contribution in [0.3, 0.4) is 0 Å². The van der Waals surface area contributed by atoms with E-state index in [9.17, 15) is 5.11 Å². The molecule has 22 heavy (non-hydrogen) atoms. The SMILES string of the molecule is OC1(CNc2nc3ccccc3[nH]2)CCCc2ccccc21. The van der Waals surface area contributed by atoms with Crippen LogP contribution in [0.4, 0.5) is 5.95 Å².